The molecule has 2 aromatic rings. The zero-order valence-corrected chi connectivity index (χ0v) is 25.2. The molecule has 11 nitrogen and oxygen atoms in total. The summed E-state index contributed by atoms with van der Waals surface area (Å²) in [5.74, 6) is -2.40. The minimum absolute atomic E-state index is 0.0968. The fourth-order valence-electron chi connectivity index (χ4n) is 4.34. The molecule has 1 aliphatic heterocycles. The van der Waals surface area contributed by atoms with Crippen LogP contribution in [0.5, 0.6) is 11.5 Å². The van der Waals surface area contributed by atoms with Gasteiger partial charge < -0.3 is 18.9 Å². The van der Waals surface area contributed by atoms with E-state index in [1.54, 1.807) is 48.5 Å². The van der Waals surface area contributed by atoms with E-state index in [9.17, 15) is 14.4 Å². The number of carbonyl (C=O) groups is 3. The Morgan fingerprint density at radius 1 is 1.12 bits per heavy atom. The standard InChI is InChI=1S/C29H34ClFN4O7/c1-9-39-23-11-10-17(12-21(23)32-8)25(36)33-34-26(37)18-13-20(31)24(14-19(18)30)40-15-22-16(2)41-29(6,7)35(22)27(38)42-28(3,4)5/h10-14,16,22H,9,15H2,1-7H3,(H,33,36)(H,34,37)/t16-,22+/m0/s1. The summed E-state index contributed by atoms with van der Waals surface area (Å²) in [5.41, 5.74) is 2.62. The number of hydrogen-bond acceptors (Lipinski definition) is 7. The molecule has 13 heteroatoms. The minimum atomic E-state index is -0.999. The van der Waals surface area contributed by atoms with Crippen molar-refractivity contribution in [3.8, 4) is 11.5 Å². The third-order valence-corrected chi connectivity index (χ3v) is 6.44. The van der Waals surface area contributed by atoms with Crippen molar-refractivity contribution >= 4 is 35.2 Å². The van der Waals surface area contributed by atoms with Crippen molar-refractivity contribution in [1.82, 2.24) is 15.8 Å². The summed E-state index contributed by atoms with van der Waals surface area (Å²) in [6.07, 6.45) is -1.06. The van der Waals surface area contributed by atoms with Gasteiger partial charge in [0.25, 0.3) is 11.8 Å². The second-order valence-corrected chi connectivity index (χ2v) is 11.3. The summed E-state index contributed by atoms with van der Waals surface area (Å²) >= 11 is 6.26. The molecule has 2 atom stereocenters. The molecule has 0 bridgehead atoms. The second-order valence-electron chi connectivity index (χ2n) is 10.9. The predicted molar refractivity (Wildman–Crippen MR) is 152 cm³/mol. The van der Waals surface area contributed by atoms with E-state index in [-0.39, 0.29) is 34.2 Å². The Labute approximate surface area is 249 Å². The van der Waals surface area contributed by atoms with Crippen molar-refractivity contribution in [2.75, 3.05) is 13.2 Å². The lowest BCUT2D eigenvalue weighted by Gasteiger charge is -2.35. The first-order valence-electron chi connectivity index (χ1n) is 13.1. The van der Waals surface area contributed by atoms with Crippen LogP contribution in [0.4, 0.5) is 14.9 Å². The van der Waals surface area contributed by atoms with Gasteiger partial charge in [0, 0.05) is 11.6 Å². The highest BCUT2D eigenvalue weighted by Gasteiger charge is 2.50. The Bertz CT molecular complexity index is 1400. The molecule has 1 aliphatic rings. The largest absolute Gasteiger partial charge is 0.505 e. The van der Waals surface area contributed by atoms with E-state index >= 15 is 4.39 Å². The van der Waals surface area contributed by atoms with E-state index in [1.165, 1.54) is 23.1 Å². The Morgan fingerprint density at radius 3 is 2.40 bits per heavy atom. The highest BCUT2D eigenvalue weighted by atomic mass is 35.5. The van der Waals surface area contributed by atoms with Gasteiger partial charge >= 0.3 is 6.09 Å². The molecule has 0 spiro atoms. The Morgan fingerprint density at radius 2 is 1.79 bits per heavy atom. The minimum Gasteiger partial charge on any atom is -0.505 e. The molecule has 3 amide bonds. The molecule has 0 radical (unpaired) electrons. The predicted octanol–water partition coefficient (Wildman–Crippen LogP) is 5.64. The average molecular weight is 605 g/mol. The van der Waals surface area contributed by atoms with Crippen molar-refractivity contribution in [2.24, 2.45) is 0 Å². The Balaban J connectivity index is 1.68. The molecule has 0 unspecified atom stereocenters. The summed E-state index contributed by atoms with van der Waals surface area (Å²) in [5, 5.41) is -0.144. The molecule has 0 aromatic heterocycles. The van der Waals surface area contributed by atoms with Gasteiger partial charge in [0.1, 0.15) is 23.7 Å². The first kappa shape index (κ1) is 32.4. The topological polar surface area (TPSA) is 120 Å². The molecule has 226 valence electrons. The average Bonchev–Trinajstić information content (AvgIpc) is 3.13. The van der Waals surface area contributed by atoms with Crippen molar-refractivity contribution in [2.45, 2.75) is 71.9 Å². The number of benzene rings is 2. The van der Waals surface area contributed by atoms with Gasteiger partial charge in [0.2, 0.25) is 5.69 Å². The lowest BCUT2D eigenvalue weighted by molar-refractivity contribution is -0.0760. The van der Waals surface area contributed by atoms with Crippen molar-refractivity contribution in [3.63, 3.8) is 0 Å². The molecule has 2 N–H and O–H groups in total. The van der Waals surface area contributed by atoms with Gasteiger partial charge in [-0.15, -0.1) is 0 Å². The van der Waals surface area contributed by atoms with Gasteiger partial charge in [0.05, 0.1) is 35.9 Å². The maximum absolute atomic E-state index is 15.0. The molecule has 1 fully saturated rings. The molecule has 0 saturated carbocycles. The number of hydrogen-bond donors (Lipinski definition) is 2. The third kappa shape index (κ3) is 7.60. The smallest absolute Gasteiger partial charge is 0.413 e. The van der Waals surface area contributed by atoms with Gasteiger partial charge in [-0.25, -0.2) is 14.0 Å². The zero-order valence-electron chi connectivity index (χ0n) is 24.5. The summed E-state index contributed by atoms with van der Waals surface area (Å²) in [6.45, 7) is 19.7. The number of hydrazine groups is 1. The van der Waals surface area contributed by atoms with E-state index in [0.717, 1.165) is 12.1 Å². The molecule has 0 aliphatic carbocycles. The summed E-state index contributed by atoms with van der Waals surface area (Å²) < 4.78 is 37.5. The van der Waals surface area contributed by atoms with Crippen LogP contribution in [0.15, 0.2) is 30.3 Å². The van der Waals surface area contributed by atoms with Gasteiger partial charge in [-0.3, -0.25) is 25.3 Å². The van der Waals surface area contributed by atoms with E-state index in [4.69, 9.17) is 37.1 Å². The third-order valence-electron chi connectivity index (χ3n) is 6.12. The number of nitrogens with one attached hydrogen (secondary N) is 2. The van der Waals surface area contributed by atoms with Gasteiger partial charge in [-0.2, -0.15) is 0 Å². The number of rotatable bonds is 7. The lowest BCUT2D eigenvalue weighted by atomic mass is 10.1. The first-order valence-corrected chi connectivity index (χ1v) is 13.5. The summed E-state index contributed by atoms with van der Waals surface area (Å²) in [4.78, 5) is 42.9. The van der Waals surface area contributed by atoms with E-state index < -0.39 is 47.2 Å². The van der Waals surface area contributed by atoms with E-state index in [0.29, 0.717) is 12.4 Å². The maximum atomic E-state index is 15.0. The maximum Gasteiger partial charge on any atom is 0.413 e. The number of nitrogens with zero attached hydrogens (tertiary/aromatic N) is 2. The van der Waals surface area contributed by atoms with Crippen LogP contribution in [0, 0.1) is 12.4 Å². The van der Waals surface area contributed by atoms with Crippen molar-refractivity contribution in [3.05, 3.63) is 63.7 Å². The van der Waals surface area contributed by atoms with Crippen LogP contribution in [0.2, 0.25) is 5.02 Å². The molecule has 1 saturated heterocycles. The van der Waals surface area contributed by atoms with Crippen molar-refractivity contribution < 1.29 is 37.7 Å². The summed E-state index contributed by atoms with van der Waals surface area (Å²) in [6, 6.07) is 5.62. The van der Waals surface area contributed by atoms with Gasteiger partial charge in [-0.05, 0) is 72.7 Å². The quantitative estimate of drug-likeness (QED) is 0.310. The number of amides is 3. The Hall–Kier alpha value is -4.08. The molecule has 1 heterocycles. The van der Waals surface area contributed by atoms with Crippen LogP contribution in [0.3, 0.4) is 0 Å². The fourth-order valence-corrected chi connectivity index (χ4v) is 4.58. The SMILES string of the molecule is [C-]#[N+]c1cc(C(=O)NNC(=O)c2cc(F)c(OC[C@@H]3[C@H](C)OC(C)(C)N3C(=O)OC(C)(C)C)cc2Cl)ccc1OCC. The second kappa shape index (κ2) is 12.8. The van der Waals surface area contributed by atoms with Gasteiger partial charge in [0.15, 0.2) is 11.6 Å². The van der Waals surface area contributed by atoms with Crippen LogP contribution >= 0.6 is 11.6 Å². The van der Waals surface area contributed by atoms with E-state index in [2.05, 4.69) is 15.7 Å². The van der Waals surface area contributed by atoms with Crippen LogP contribution in [0.1, 0.15) is 69.2 Å². The first-order chi connectivity index (χ1) is 19.6. The lowest BCUT2D eigenvalue weighted by Crippen LogP contribution is -2.52. The number of halogens is 2. The highest BCUT2D eigenvalue weighted by Crippen LogP contribution is 2.35. The molecule has 2 aromatic carbocycles. The van der Waals surface area contributed by atoms with Crippen LogP contribution in [-0.2, 0) is 9.47 Å². The highest BCUT2D eigenvalue weighted by molar-refractivity contribution is 6.34. The fraction of sp³-hybridized carbons (Fsp3) is 0.448. The number of carbonyl (C=O) groups excluding carboxylic acids is 3. The van der Waals surface area contributed by atoms with E-state index in [1.807, 2.05) is 0 Å². The Kier molecular flexibility index (Phi) is 9.91. The molecule has 3 rings (SSSR count). The number of ether oxygens (including phenoxy) is 4. The van der Waals surface area contributed by atoms with Crippen LogP contribution in [-0.4, -0.2) is 59.5 Å². The zero-order chi connectivity index (χ0) is 31.4. The van der Waals surface area contributed by atoms with Crippen LogP contribution in [0.25, 0.3) is 4.85 Å². The van der Waals surface area contributed by atoms with Crippen molar-refractivity contribution in [1.29, 1.82) is 0 Å². The molecular formula is C29H34ClFN4O7. The summed E-state index contributed by atoms with van der Waals surface area (Å²) in [7, 11) is 0. The van der Waals surface area contributed by atoms with Crippen LogP contribution < -0.4 is 20.3 Å². The monoisotopic (exact) mass is 604 g/mol. The normalized spacial score (nSPS) is 17.7. The molecular weight excluding hydrogens is 571 g/mol. The molecule has 42 heavy (non-hydrogen) atoms. The van der Waals surface area contributed by atoms with Gasteiger partial charge in [-0.1, -0.05) is 11.6 Å².